The number of aromatic nitrogens is 3. The minimum Gasteiger partial charge on any atom is -0.368 e. The van der Waals surface area contributed by atoms with Crippen LogP contribution in [-0.4, -0.2) is 21.8 Å². The van der Waals surface area contributed by atoms with E-state index >= 15 is 0 Å². The maximum absolute atomic E-state index is 5.72. The topological polar surface area (TPSA) is 68.8 Å². The molecule has 0 aliphatic carbocycles. The van der Waals surface area contributed by atoms with Crippen LogP contribution in [0, 0.1) is 0 Å². The molecule has 0 aliphatic heterocycles. The maximum atomic E-state index is 5.72. The van der Waals surface area contributed by atoms with Crippen molar-refractivity contribution in [3.05, 3.63) is 28.7 Å². The molecule has 0 fully saturated rings. The zero-order valence-electron chi connectivity index (χ0n) is 8.11. The molecule has 1 heterocycles. The van der Waals surface area contributed by atoms with Crippen molar-refractivity contribution in [1.82, 2.24) is 14.8 Å². The fraction of sp³-hybridized carbons (Fsp3) is 0.111. The number of anilines is 2. The van der Waals surface area contributed by atoms with E-state index in [1.54, 1.807) is 11.7 Å². The van der Waals surface area contributed by atoms with Crippen molar-refractivity contribution in [2.75, 3.05) is 18.1 Å². The zero-order valence-corrected chi connectivity index (χ0v) is 9.69. The lowest BCUT2D eigenvalue weighted by atomic mass is 10.3. The van der Waals surface area contributed by atoms with Crippen LogP contribution < -0.4 is 11.1 Å². The zero-order chi connectivity index (χ0) is 10.8. The summed E-state index contributed by atoms with van der Waals surface area (Å²) in [6, 6.07) is 7.67. The summed E-state index contributed by atoms with van der Waals surface area (Å²) in [6.45, 7) is 0. The SMILES string of the molecule is CNc1nc(N)n(-c2ccc(Br)cc2)n1. The molecule has 1 aromatic heterocycles. The second kappa shape index (κ2) is 3.90. The Morgan fingerprint density at radius 1 is 1.33 bits per heavy atom. The van der Waals surface area contributed by atoms with Crippen molar-refractivity contribution in [3.8, 4) is 5.69 Å². The fourth-order valence-corrected chi connectivity index (χ4v) is 1.47. The van der Waals surface area contributed by atoms with Crippen LogP contribution in [0.4, 0.5) is 11.9 Å². The monoisotopic (exact) mass is 267 g/mol. The summed E-state index contributed by atoms with van der Waals surface area (Å²) in [7, 11) is 1.75. The number of nitrogens with two attached hydrogens (primary N) is 1. The van der Waals surface area contributed by atoms with Crippen LogP contribution in [0.5, 0.6) is 0 Å². The van der Waals surface area contributed by atoms with Crippen molar-refractivity contribution in [2.45, 2.75) is 0 Å². The summed E-state index contributed by atoms with van der Waals surface area (Å²) in [5, 5.41) is 7.02. The van der Waals surface area contributed by atoms with Crippen LogP contribution in [0.25, 0.3) is 5.69 Å². The van der Waals surface area contributed by atoms with Crippen molar-refractivity contribution in [2.24, 2.45) is 0 Å². The Morgan fingerprint density at radius 2 is 2.00 bits per heavy atom. The number of hydrogen-bond donors (Lipinski definition) is 2. The van der Waals surface area contributed by atoms with E-state index in [2.05, 4.69) is 31.3 Å². The third-order valence-electron chi connectivity index (χ3n) is 1.93. The Kier molecular flexibility index (Phi) is 2.59. The third-order valence-corrected chi connectivity index (χ3v) is 2.46. The van der Waals surface area contributed by atoms with Gasteiger partial charge in [0.25, 0.3) is 0 Å². The predicted octanol–water partition coefficient (Wildman–Crippen LogP) is 1.65. The first-order valence-corrected chi connectivity index (χ1v) is 5.16. The summed E-state index contributed by atoms with van der Waals surface area (Å²) in [6.07, 6.45) is 0. The summed E-state index contributed by atoms with van der Waals surface area (Å²) >= 11 is 3.37. The van der Waals surface area contributed by atoms with Gasteiger partial charge in [-0.25, -0.2) is 0 Å². The van der Waals surface area contributed by atoms with Crippen LogP contribution in [0.3, 0.4) is 0 Å². The van der Waals surface area contributed by atoms with Gasteiger partial charge < -0.3 is 11.1 Å². The first kappa shape index (κ1) is 9.97. The van der Waals surface area contributed by atoms with Gasteiger partial charge >= 0.3 is 0 Å². The second-order valence-electron chi connectivity index (χ2n) is 2.93. The highest BCUT2D eigenvalue weighted by molar-refractivity contribution is 9.10. The largest absolute Gasteiger partial charge is 0.368 e. The van der Waals surface area contributed by atoms with Gasteiger partial charge in [-0.1, -0.05) is 15.9 Å². The summed E-state index contributed by atoms with van der Waals surface area (Å²) in [5.41, 5.74) is 6.60. The molecule has 6 heteroatoms. The molecule has 0 amide bonds. The molecule has 0 atom stereocenters. The summed E-state index contributed by atoms with van der Waals surface area (Å²) in [4.78, 5) is 4.03. The smallest absolute Gasteiger partial charge is 0.244 e. The normalized spacial score (nSPS) is 10.3. The van der Waals surface area contributed by atoms with Gasteiger partial charge in [0.15, 0.2) is 0 Å². The van der Waals surface area contributed by atoms with Gasteiger partial charge in [-0.3, -0.25) is 0 Å². The first-order chi connectivity index (χ1) is 7.20. The molecule has 78 valence electrons. The minimum atomic E-state index is 0.363. The summed E-state index contributed by atoms with van der Waals surface area (Å²) < 4.78 is 2.59. The molecule has 0 saturated heterocycles. The highest BCUT2D eigenvalue weighted by Crippen LogP contribution is 2.16. The number of nitrogens with zero attached hydrogens (tertiary/aromatic N) is 3. The number of nitrogen functional groups attached to an aromatic ring is 1. The maximum Gasteiger partial charge on any atom is 0.244 e. The molecule has 0 saturated carbocycles. The highest BCUT2D eigenvalue weighted by atomic mass is 79.9. The van der Waals surface area contributed by atoms with E-state index in [4.69, 9.17) is 5.73 Å². The second-order valence-corrected chi connectivity index (χ2v) is 3.85. The Morgan fingerprint density at radius 3 is 2.53 bits per heavy atom. The molecular weight excluding hydrogens is 258 g/mol. The van der Waals surface area contributed by atoms with Crippen molar-refractivity contribution < 1.29 is 0 Å². The molecule has 5 nitrogen and oxygen atoms in total. The van der Waals surface area contributed by atoms with E-state index in [-0.39, 0.29) is 0 Å². The summed E-state index contributed by atoms with van der Waals surface area (Å²) in [5.74, 6) is 0.872. The average Bonchev–Trinajstić information content (AvgIpc) is 2.61. The lowest BCUT2D eigenvalue weighted by Crippen LogP contribution is -2.02. The number of nitrogens with one attached hydrogen (secondary N) is 1. The number of benzene rings is 1. The van der Waals surface area contributed by atoms with Gasteiger partial charge in [-0.05, 0) is 24.3 Å². The van der Waals surface area contributed by atoms with Crippen LogP contribution in [0.2, 0.25) is 0 Å². The third kappa shape index (κ3) is 1.94. The quantitative estimate of drug-likeness (QED) is 0.869. The Bertz CT molecular complexity index is 462. The van der Waals surface area contributed by atoms with Crippen molar-refractivity contribution in [3.63, 3.8) is 0 Å². The first-order valence-electron chi connectivity index (χ1n) is 4.37. The van der Waals surface area contributed by atoms with Crippen LogP contribution in [0.15, 0.2) is 28.7 Å². The Balaban J connectivity index is 2.44. The lowest BCUT2D eigenvalue weighted by molar-refractivity contribution is 0.892. The number of rotatable bonds is 2. The molecule has 2 aromatic rings. The average molecular weight is 268 g/mol. The molecular formula is C9H10BrN5. The standard InChI is InChI=1S/C9H10BrN5/c1-12-9-13-8(11)15(14-9)7-4-2-6(10)3-5-7/h2-5H,1H3,(H3,11,12,13,14). The molecule has 0 aliphatic rings. The molecule has 0 bridgehead atoms. The molecule has 3 N–H and O–H groups in total. The van der Waals surface area contributed by atoms with Gasteiger partial charge in [0, 0.05) is 11.5 Å². The van der Waals surface area contributed by atoms with E-state index in [0.717, 1.165) is 10.2 Å². The minimum absolute atomic E-state index is 0.363. The molecule has 2 rings (SSSR count). The van der Waals surface area contributed by atoms with E-state index in [1.807, 2.05) is 24.3 Å². The van der Waals surface area contributed by atoms with Crippen LogP contribution in [-0.2, 0) is 0 Å². The molecule has 1 aromatic carbocycles. The fourth-order valence-electron chi connectivity index (χ4n) is 1.20. The van der Waals surface area contributed by atoms with E-state index in [1.165, 1.54) is 0 Å². The predicted molar refractivity (Wildman–Crippen MR) is 63.0 cm³/mol. The number of hydrogen-bond acceptors (Lipinski definition) is 4. The Labute approximate surface area is 95.4 Å². The molecule has 0 unspecified atom stereocenters. The Hall–Kier alpha value is -1.56. The lowest BCUT2D eigenvalue weighted by Gasteiger charge is -2.01. The van der Waals surface area contributed by atoms with Gasteiger partial charge in [-0.15, -0.1) is 5.10 Å². The van der Waals surface area contributed by atoms with Gasteiger partial charge in [0.05, 0.1) is 5.69 Å². The molecule has 0 spiro atoms. The number of halogens is 1. The van der Waals surface area contributed by atoms with E-state index in [0.29, 0.717) is 11.9 Å². The van der Waals surface area contributed by atoms with E-state index in [9.17, 15) is 0 Å². The van der Waals surface area contributed by atoms with Crippen LogP contribution in [0.1, 0.15) is 0 Å². The van der Waals surface area contributed by atoms with Crippen LogP contribution >= 0.6 is 15.9 Å². The molecule has 0 radical (unpaired) electrons. The van der Waals surface area contributed by atoms with E-state index < -0.39 is 0 Å². The molecule has 15 heavy (non-hydrogen) atoms. The van der Waals surface area contributed by atoms with Gasteiger partial charge in [0.1, 0.15) is 0 Å². The van der Waals surface area contributed by atoms with Crippen molar-refractivity contribution in [1.29, 1.82) is 0 Å². The van der Waals surface area contributed by atoms with Crippen molar-refractivity contribution >= 4 is 27.8 Å². The van der Waals surface area contributed by atoms with Gasteiger partial charge in [0.2, 0.25) is 11.9 Å². The highest BCUT2D eigenvalue weighted by Gasteiger charge is 2.06. The van der Waals surface area contributed by atoms with Gasteiger partial charge in [-0.2, -0.15) is 9.67 Å².